The number of rotatable bonds is 0. The van der Waals surface area contributed by atoms with Crippen LogP contribution in [0.15, 0.2) is 18.2 Å². The van der Waals surface area contributed by atoms with Gasteiger partial charge in [-0.2, -0.15) is 13.2 Å². The first-order chi connectivity index (χ1) is 8.48. The Morgan fingerprint density at radius 1 is 1.06 bits per heavy atom. The molecule has 1 N–H and O–H groups in total. The van der Waals surface area contributed by atoms with Crippen molar-refractivity contribution in [2.45, 2.75) is 40.8 Å². The minimum absolute atomic E-state index is 0.0162. The van der Waals surface area contributed by atoms with Crippen LogP contribution in [0.5, 0.6) is 0 Å². The number of H-pyrrole nitrogens is 1. The van der Waals surface area contributed by atoms with Crippen molar-refractivity contribution in [3.8, 4) is 0 Å². The molecule has 0 saturated heterocycles. The summed E-state index contributed by atoms with van der Waals surface area (Å²) in [4.78, 5) is 6.56. The Labute approximate surface area is 105 Å². The molecule has 0 aliphatic heterocycles. The molecule has 102 valence electrons. The second kappa shape index (κ2) is 7.03. The number of aryl methyl sites for hydroxylation is 1. The first kappa shape index (κ1) is 16.5. The van der Waals surface area contributed by atoms with Crippen molar-refractivity contribution in [2.75, 3.05) is 0 Å². The molecule has 0 unspecified atom stereocenters. The van der Waals surface area contributed by atoms with Crippen molar-refractivity contribution in [1.82, 2.24) is 9.97 Å². The number of alkyl halides is 3. The van der Waals surface area contributed by atoms with E-state index in [0.717, 1.165) is 6.07 Å². The van der Waals surface area contributed by atoms with Crippen LogP contribution in [0.1, 0.15) is 39.1 Å². The molecule has 0 radical (unpaired) electrons. The van der Waals surface area contributed by atoms with Crippen LogP contribution < -0.4 is 0 Å². The van der Waals surface area contributed by atoms with Crippen LogP contribution in [0.25, 0.3) is 11.0 Å². The molecule has 1 aromatic heterocycles. The second-order valence-corrected chi connectivity index (χ2v) is 3.02. The lowest BCUT2D eigenvalue weighted by Gasteiger charge is -2.05. The summed E-state index contributed by atoms with van der Waals surface area (Å²) in [6.45, 7) is 9.63. The number of benzene rings is 1. The predicted octanol–water partition coefficient (Wildman–Crippen LogP) is 4.94. The molecule has 1 aromatic carbocycles. The fraction of sp³-hybridized carbons (Fsp3) is 0.462. The van der Waals surface area contributed by atoms with Gasteiger partial charge in [-0.1, -0.05) is 33.8 Å². The molecule has 2 aromatic rings. The van der Waals surface area contributed by atoms with Gasteiger partial charge in [0, 0.05) is 0 Å². The molecule has 0 amide bonds. The van der Waals surface area contributed by atoms with Crippen LogP contribution in [0.2, 0.25) is 0 Å². The number of aromatic nitrogens is 2. The highest BCUT2D eigenvalue weighted by molar-refractivity contribution is 5.79. The summed E-state index contributed by atoms with van der Waals surface area (Å²) in [5.74, 6) is 0.483. The number of fused-ring (bicyclic) bond motifs is 1. The fourth-order valence-corrected chi connectivity index (χ4v) is 1.38. The van der Waals surface area contributed by atoms with Crippen molar-refractivity contribution in [3.63, 3.8) is 0 Å². The number of hydrogen-bond donors (Lipinski definition) is 1. The van der Waals surface area contributed by atoms with E-state index in [1.165, 1.54) is 6.07 Å². The summed E-state index contributed by atoms with van der Waals surface area (Å²) in [7, 11) is 0. The zero-order valence-electron chi connectivity index (χ0n) is 11.3. The van der Waals surface area contributed by atoms with Gasteiger partial charge in [-0.3, -0.25) is 0 Å². The van der Waals surface area contributed by atoms with E-state index in [2.05, 4.69) is 9.97 Å². The summed E-state index contributed by atoms with van der Waals surface area (Å²) in [6, 6.07) is 3.97. The van der Waals surface area contributed by atoms with Crippen molar-refractivity contribution >= 4 is 11.0 Å². The average Bonchev–Trinajstić information content (AvgIpc) is 2.72. The minimum Gasteiger partial charge on any atom is -0.342 e. The lowest BCUT2D eigenvalue weighted by Crippen LogP contribution is -2.05. The van der Waals surface area contributed by atoms with Gasteiger partial charge in [0.2, 0.25) is 0 Å². The van der Waals surface area contributed by atoms with Gasteiger partial charge in [0.1, 0.15) is 11.3 Å². The van der Waals surface area contributed by atoms with E-state index in [4.69, 9.17) is 0 Å². The van der Waals surface area contributed by atoms with E-state index in [0.29, 0.717) is 11.3 Å². The van der Waals surface area contributed by atoms with Crippen molar-refractivity contribution in [1.29, 1.82) is 0 Å². The molecule has 0 spiro atoms. The zero-order valence-corrected chi connectivity index (χ0v) is 11.3. The van der Waals surface area contributed by atoms with Crippen LogP contribution in [0.3, 0.4) is 0 Å². The predicted molar refractivity (Wildman–Crippen MR) is 68.5 cm³/mol. The smallest absolute Gasteiger partial charge is 0.342 e. The number of imidazole rings is 1. The number of halogens is 3. The Morgan fingerprint density at radius 3 is 2.11 bits per heavy atom. The van der Waals surface area contributed by atoms with Gasteiger partial charge in [0.05, 0.1) is 11.1 Å². The van der Waals surface area contributed by atoms with E-state index in [-0.39, 0.29) is 5.52 Å². The normalized spacial score (nSPS) is 10.2. The molecular weight excluding hydrogens is 241 g/mol. The summed E-state index contributed by atoms with van der Waals surface area (Å²) >= 11 is 0. The maximum atomic E-state index is 12.5. The van der Waals surface area contributed by atoms with Gasteiger partial charge in [0.25, 0.3) is 0 Å². The highest BCUT2D eigenvalue weighted by Gasteiger charge is 2.33. The number of hydrogen-bond acceptors (Lipinski definition) is 1. The van der Waals surface area contributed by atoms with E-state index in [1.54, 1.807) is 13.0 Å². The molecule has 2 nitrogen and oxygen atoms in total. The van der Waals surface area contributed by atoms with Gasteiger partial charge in [-0.05, 0) is 19.1 Å². The van der Waals surface area contributed by atoms with Crippen LogP contribution in [-0.4, -0.2) is 9.97 Å². The maximum Gasteiger partial charge on any atom is 0.418 e. The molecule has 0 aliphatic carbocycles. The molecule has 0 atom stereocenters. The molecule has 0 bridgehead atoms. The summed E-state index contributed by atoms with van der Waals surface area (Å²) in [5, 5.41) is 0. The first-order valence-corrected chi connectivity index (χ1v) is 6.01. The summed E-state index contributed by atoms with van der Waals surface area (Å²) in [5.41, 5.74) is -0.297. The number of nitrogens with one attached hydrogen (secondary N) is 1. The van der Waals surface area contributed by atoms with Gasteiger partial charge in [-0.15, -0.1) is 0 Å². The minimum atomic E-state index is -4.35. The Morgan fingerprint density at radius 2 is 1.61 bits per heavy atom. The van der Waals surface area contributed by atoms with Crippen molar-refractivity contribution in [2.24, 2.45) is 0 Å². The van der Waals surface area contributed by atoms with Gasteiger partial charge < -0.3 is 4.98 Å². The summed E-state index contributed by atoms with van der Waals surface area (Å²) in [6.07, 6.45) is -4.35. The van der Waals surface area contributed by atoms with Gasteiger partial charge in [-0.25, -0.2) is 4.98 Å². The van der Waals surface area contributed by atoms with Crippen LogP contribution in [0.4, 0.5) is 13.2 Å². The monoisotopic (exact) mass is 260 g/mol. The quantitative estimate of drug-likeness (QED) is 0.713. The molecule has 0 aliphatic rings. The van der Waals surface area contributed by atoms with Gasteiger partial charge >= 0.3 is 6.18 Å². The van der Waals surface area contributed by atoms with Crippen LogP contribution in [0, 0.1) is 6.92 Å². The molecule has 5 heteroatoms. The Balaban J connectivity index is 0.000000659. The lowest BCUT2D eigenvalue weighted by atomic mass is 10.2. The molecule has 0 fully saturated rings. The third kappa shape index (κ3) is 3.75. The zero-order chi connectivity index (χ0) is 14.3. The molecule has 0 saturated carbocycles. The highest BCUT2D eigenvalue weighted by atomic mass is 19.4. The molecule has 18 heavy (non-hydrogen) atoms. The number of aromatic amines is 1. The topological polar surface area (TPSA) is 28.7 Å². The SMILES string of the molecule is CC.CC.Cc1nc2c(C(F)(F)F)cccc2[nH]1. The fourth-order valence-electron chi connectivity index (χ4n) is 1.38. The molecular formula is C13H19F3N2. The standard InChI is InChI=1S/C9H7F3N2.2C2H6/c1-5-13-7-4-2-3-6(8(7)14-5)9(10,11)12;2*1-2/h2-4H,1H3,(H,13,14);2*1-2H3. The van der Waals surface area contributed by atoms with Crippen LogP contribution >= 0.6 is 0 Å². The first-order valence-electron chi connectivity index (χ1n) is 6.01. The highest BCUT2D eigenvalue weighted by Crippen LogP contribution is 2.33. The van der Waals surface area contributed by atoms with E-state index >= 15 is 0 Å². The molecule has 2 rings (SSSR count). The van der Waals surface area contributed by atoms with E-state index < -0.39 is 11.7 Å². The van der Waals surface area contributed by atoms with Crippen molar-refractivity contribution < 1.29 is 13.2 Å². The van der Waals surface area contributed by atoms with E-state index in [9.17, 15) is 13.2 Å². The Bertz CT molecular complexity index is 473. The third-order valence-electron chi connectivity index (χ3n) is 1.94. The second-order valence-electron chi connectivity index (χ2n) is 3.02. The third-order valence-corrected chi connectivity index (χ3v) is 1.94. The van der Waals surface area contributed by atoms with E-state index in [1.807, 2.05) is 27.7 Å². The van der Waals surface area contributed by atoms with Crippen LogP contribution in [-0.2, 0) is 6.18 Å². The maximum absolute atomic E-state index is 12.5. The lowest BCUT2D eigenvalue weighted by molar-refractivity contribution is -0.136. The Hall–Kier alpha value is -1.52. The average molecular weight is 260 g/mol. The van der Waals surface area contributed by atoms with Crippen molar-refractivity contribution in [3.05, 3.63) is 29.6 Å². The number of nitrogens with zero attached hydrogens (tertiary/aromatic N) is 1. The van der Waals surface area contributed by atoms with Gasteiger partial charge in [0.15, 0.2) is 0 Å². The largest absolute Gasteiger partial charge is 0.418 e. The molecule has 1 heterocycles. The Kier molecular flexibility index (Phi) is 6.44. The summed E-state index contributed by atoms with van der Waals surface area (Å²) < 4.78 is 37.4. The number of para-hydroxylation sites is 1.